The van der Waals surface area contributed by atoms with Gasteiger partial charge in [0.15, 0.2) is 25.2 Å². The first-order chi connectivity index (χ1) is 30.1. The summed E-state index contributed by atoms with van der Waals surface area (Å²) in [6.07, 6.45) is -38.0. The van der Waals surface area contributed by atoms with Gasteiger partial charge in [0.25, 0.3) is 0 Å². The lowest BCUT2D eigenvalue weighted by Crippen LogP contribution is -2.70. The maximum Gasteiger partial charge on any atom is 0.217 e. The summed E-state index contributed by atoms with van der Waals surface area (Å²) in [5.41, 5.74) is 0. The number of hydrogen-bond acceptors (Lipinski definition) is 25. The van der Waals surface area contributed by atoms with E-state index in [1.54, 1.807) is 0 Å². The Morgan fingerprint density at radius 1 is 0.562 bits per heavy atom. The van der Waals surface area contributed by atoms with Gasteiger partial charge in [-0.15, -0.1) is 0 Å². The van der Waals surface area contributed by atoms with E-state index in [0.717, 1.165) is 20.8 Å². The highest BCUT2D eigenvalue weighted by molar-refractivity contribution is 5.74. The lowest BCUT2D eigenvalue weighted by molar-refractivity contribution is -0.373. The average Bonchev–Trinajstić information content (AvgIpc) is 3.24. The molecule has 0 bridgehead atoms. The van der Waals surface area contributed by atoms with Crippen LogP contribution in [-0.2, 0) is 52.3 Å². The first-order valence-electron chi connectivity index (χ1n) is 20.4. The van der Waals surface area contributed by atoms with Crippen LogP contribution in [0.3, 0.4) is 0 Å². The number of rotatable bonds is 19. The van der Waals surface area contributed by atoms with Crippen LogP contribution >= 0.6 is 0 Å². The number of carbonyl (C=O) groups is 3. The highest BCUT2D eigenvalue weighted by Gasteiger charge is 2.54. The van der Waals surface area contributed by atoms with E-state index in [1.165, 1.54) is 6.92 Å². The van der Waals surface area contributed by atoms with Crippen LogP contribution in [0.2, 0.25) is 0 Å². The van der Waals surface area contributed by atoms with Crippen molar-refractivity contribution < 1.29 is 124 Å². The van der Waals surface area contributed by atoms with Gasteiger partial charge in [-0.3, -0.25) is 14.4 Å². The first kappa shape index (κ1) is 54.1. The summed E-state index contributed by atoms with van der Waals surface area (Å²) in [4.78, 5) is 36.8. The topological polar surface area (TPSA) is 444 Å². The van der Waals surface area contributed by atoms with Gasteiger partial charge < -0.3 is 125 Å². The molecule has 4 saturated heterocycles. The smallest absolute Gasteiger partial charge is 0.217 e. The van der Waals surface area contributed by atoms with Crippen LogP contribution in [0.1, 0.15) is 27.7 Å². The summed E-state index contributed by atoms with van der Waals surface area (Å²) in [6.45, 7) is -0.259. The van der Waals surface area contributed by atoms with Crippen molar-refractivity contribution in [3.8, 4) is 0 Å². The Labute approximate surface area is 365 Å². The molecule has 0 unspecified atom stereocenters. The zero-order chi connectivity index (χ0) is 47.9. The minimum Gasteiger partial charge on any atom is -0.394 e. The van der Waals surface area contributed by atoms with Gasteiger partial charge in [0, 0.05) is 20.8 Å². The van der Waals surface area contributed by atoms with E-state index in [-0.39, 0.29) is 0 Å². The van der Waals surface area contributed by atoms with E-state index in [4.69, 9.17) is 37.9 Å². The van der Waals surface area contributed by atoms with Crippen LogP contribution < -0.4 is 16.0 Å². The van der Waals surface area contributed by atoms with E-state index in [2.05, 4.69) is 16.0 Å². The van der Waals surface area contributed by atoms with Crippen molar-refractivity contribution >= 4 is 17.7 Å². The van der Waals surface area contributed by atoms with Gasteiger partial charge in [0.05, 0.1) is 45.2 Å². The predicted octanol–water partition coefficient (Wildman–Crippen LogP) is -10.8. The molecule has 0 spiro atoms. The van der Waals surface area contributed by atoms with E-state index < -0.39 is 198 Å². The minimum atomic E-state index is -2.26. The number of nitrogens with one attached hydrogen (secondary N) is 3. The molecule has 3 amide bonds. The molecule has 4 heterocycles. The third-order valence-electron chi connectivity index (χ3n) is 11.1. The number of amides is 3. The molecular weight excluding hydrogens is 874 g/mol. The molecule has 28 heteroatoms. The standard InChI is InChI=1S/C36H63N3O25/c1-10-21(48)27(54)29(56)35(58-10)64-32-28(55)24(51)17(7-42)61-36(32)62-30(14(5-40)37-11(2)44)22(49)15(47)9-57-33-20(39-13(4)46)31(25(52)18(8-43)59-33)63-34-19(38-12(3)45)26(53)23(50)16(6-41)60-34/h10,14-36,40-43,47-56H,5-9H2,1-4H3,(H,37,44)(H,38,45)(H,39,46)/t10-,14-,15+,16+,17+,18+,19+,20+,21+,22-,23+,24-,25+,26+,27+,28-,29-,30+,31+,32+,33+,34-,35-,36-/m0/s1. The number of carbonyl (C=O) groups excluding carboxylic acids is 3. The van der Waals surface area contributed by atoms with Crippen molar-refractivity contribution in [1.29, 1.82) is 0 Å². The molecule has 0 saturated carbocycles. The molecule has 24 atom stereocenters. The van der Waals surface area contributed by atoms with Gasteiger partial charge in [-0.25, -0.2) is 0 Å². The summed E-state index contributed by atoms with van der Waals surface area (Å²) in [5, 5.41) is 156. The Kier molecular flexibility index (Phi) is 20.3. The fourth-order valence-corrected chi connectivity index (χ4v) is 7.67. The summed E-state index contributed by atoms with van der Waals surface area (Å²) in [5.74, 6) is -2.30. The Bertz CT molecular complexity index is 1490. The third-order valence-corrected chi connectivity index (χ3v) is 11.1. The molecule has 28 nitrogen and oxygen atoms in total. The van der Waals surface area contributed by atoms with Gasteiger partial charge in [-0.2, -0.15) is 0 Å². The van der Waals surface area contributed by atoms with Crippen LogP contribution in [0.4, 0.5) is 0 Å². The van der Waals surface area contributed by atoms with Crippen LogP contribution in [0.15, 0.2) is 0 Å². The van der Waals surface area contributed by atoms with Gasteiger partial charge >= 0.3 is 0 Å². The molecule has 0 aliphatic carbocycles. The fraction of sp³-hybridized carbons (Fsp3) is 0.917. The second kappa shape index (κ2) is 24.0. The van der Waals surface area contributed by atoms with Crippen molar-refractivity contribution in [2.24, 2.45) is 0 Å². The third kappa shape index (κ3) is 12.7. The highest BCUT2D eigenvalue weighted by atomic mass is 16.8. The number of aliphatic hydroxyl groups excluding tert-OH is 14. The average molecular weight is 938 g/mol. The van der Waals surface area contributed by atoms with Crippen LogP contribution in [-0.4, -0.2) is 269 Å². The molecule has 4 rings (SSSR count). The summed E-state index contributed by atoms with van der Waals surface area (Å²) >= 11 is 0. The number of ether oxygens (including phenoxy) is 8. The van der Waals surface area contributed by atoms with E-state index in [0.29, 0.717) is 0 Å². The molecule has 4 aliphatic heterocycles. The molecule has 17 N–H and O–H groups in total. The second-order valence-electron chi connectivity index (χ2n) is 15.9. The zero-order valence-corrected chi connectivity index (χ0v) is 35.1. The quantitative estimate of drug-likeness (QED) is 0.0572. The first-order valence-corrected chi connectivity index (χ1v) is 20.4. The number of hydrogen-bond donors (Lipinski definition) is 17. The van der Waals surface area contributed by atoms with Crippen molar-refractivity contribution in [3.63, 3.8) is 0 Å². The Morgan fingerprint density at radius 2 is 1.08 bits per heavy atom. The van der Waals surface area contributed by atoms with Crippen LogP contribution in [0, 0.1) is 0 Å². The molecule has 4 aliphatic rings. The van der Waals surface area contributed by atoms with E-state index in [1.807, 2.05) is 0 Å². The Hall–Kier alpha value is -2.47. The second-order valence-corrected chi connectivity index (χ2v) is 15.9. The molecule has 372 valence electrons. The molecule has 4 fully saturated rings. The monoisotopic (exact) mass is 937 g/mol. The van der Waals surface area contributed by atoms with Gasteiger partial charge in [0.2, 0.25) is 17.7 Å². The molecular formula is C36H63N3O25. The normalized spacial score (nSPS) is 42.5. The maximum absolute atomic E-state index is 12.5. The molecule has 0 aromatic heterocycles. The van der Waals surface area contributed by atoms with Crippen LogP contribution in [0.5, 0.6) is 0 Å². The van der Waals surface area contributed by atoms with Crippen LogP contribution in [0.25, 0.3) is 0 Å². The summed E-state index contributed by atoms with van der Waals surface area (Å²) < 4.78 is 45.8. The van der Waals surface area contributed by atoms with E-state index >= 15 is 0 Å². The molecule has 0 aromatic rings. The lowest BCUT2D eigenvalue weighted by Gasteiger charge is -2.48. The predicted molar refractivity (Wildman–Crippen MR) is 202 cm³/mol. The Balaban J connectivity index is 1.62. The van der Waals surface area contributed by atoms with Crippen molar-refractivity contribution in [1.82, 2.24) is 16.0 Å². The lowest BCUT2D eigenvalue weighted by atomic mass is 9.94. The van der Waals surface area contributed by atoms with Crippen molar-refractivity contribution in [2.45, 2.75) is 175 Å². The van der Waals surface area contributed by atoms with Gasteiger partial charge in [-0.1, -0.05) is 0 Å². The maximum atomic E-state index is 12.5. The highest BCUT2D eigenvalue weighted by Crippen LogP contribution is 2.33. The van der Waals surface area contributed by atoms with Crippen molar-refractivity contribution in [2.75, 3.05) is 33.0 Å². The van der Waals surface area contributed by atoms with E-state index in [9.17, 15) is 85.9 Å². The SMILES string of the molecule is CC(=O)N[C@H]1[C@H](O[C@H]2[C@H](O)[C@@H](CO)O[C@@H](OC[C@@H](O)[C@H](O)[C@H](O[C@@H]3O[C@H](CO)[C@H](O)[C@H](O)[C@H]3O[C@@H]3O[C@@H](C)[C@@H](O)[C@@H](O)[C@@H]3O)[C@H](CO)NC(C)=O)[C@@H]2NC(C)=O)O[C@H](CO)[C@@H](O)[C@@H]1O. The van der Waals surface area contributed by atoms with Gasteiger partial charge in [-0.05, 0) is 6.92 Å². The van der Waals surface area contributed by atoms with Crippen molar-refractivity contribution in [3.05, 3.63) is 0 Å². The molecule has 0 radical (unpaired) electrons. The minimum absolute atomic E-state index is 0.722. The Morgan fingerprint density at radius 3 is 1.62 bits per heavy atom. The fourth-order valence-electron chi connectivity index (χ4n) is 7.67. The largest absolute Gasteiger partial charge is 0.394 e. The molecule has 0 aromatic carbocycles. The molecule has 64 heavy (non-hydrogen) atoms. The zero-order valence-electron chi connectivity index (χ0n) is 35.1. The number of aliphatic hydroxyl groups is 14. The summed E-state index contributed by atoms with van der Waals surface area (Å²) in [7, 11) is 0. The summed E-state index contributed by atoms with van der Waals surface area (Å²) in [6, 6.07) is -4.78. The van der Waals surface area contributed by atoms with Gasteiger partial charge in [0.1, 0.15) is 110 Å².